The molecule has 16 heavy (non-hydrogen) atoms. The molecule has 0 aliphatic rings. The number of aromatic nitrogens is 3. The third-order valence-electron chi connectivity index (χ3n) is 2.47. The minimum absolute atomic E-state index is 0.247. The van der Waals surface area contributed by atoms with E-state index in [1.165, 1.54) is 0 Å². The van der Waals surface area contributed by atoms with E-state index in [0.29, 0.717) is 5.82 Å². The summed E-state index contributed by atoms with van der Waals surface area (Å²) in [5.74, 6) is 1.57. The molecular formula is C12H16N4. The molecule has 4 heteroatoms. The Morgan fingerprint density at radius 3 is 2.75 bits per heavy atom. The van der Waals surface area contributed by atoms with E-state index in [9.17, 15) is 0 Å². The first kappa shape index (κ1) is 10.8. The lowest BCUT2D eigenvalue weighted by Crippen LogP contribution is -2.13. The van der Waals surface area contributed by atoms with E-state index in [1.54, 1.807) is 0 Å². The molecule has 0 saturated heterocycles. The summed E-state index contributed by atoms with van der Waals surface area (Å²) in [7, 11) is 0. The molecule has 1 atom stereocenters. The van der Waals surface area contributed by atoms with E-state index in [1.807, 2.05) is 30.3 Å². The van der Waals surface area contributed by atoms with Crippen molar-refractivity contribution in [2.75, 3.05) is 0 Å². The molecule has 0 bridgehead atoms. The van der Waals surface area contributed by atoms with Crippen molar-refractivity contribution < 1.29 is 0 Å². The topological polar surface area (TPSA) is 67.6 Å². The van der Waals surface area contributed by atoms with Gasteiger partial charge in [-0.2, -0.15) is 5.10 Å². The van der Waals surface area contributed by atoms with E-state index in [-0.39, 0.29) is 6.04 Å². The second-order valence-corrected chi connectivity index (χ2v) is 3.78. The summed E-state index contributed by atoms with van der Waals surface area (Å²) in [6, 6.07) is 9.63. The van der Waals surface area contributed by atoms with Crippen molar-refractivity contribution in [3.63, 3.8) is 0 Å². The Morgan fingerprint density at radius 2 is 2.06 bits per heavy atom. The number of aromatic amines is 1. The second-order valence-electron chi connectivity index (χ2n) is 3.78. The smallest absolute Gasteiger partial charge is 0.171 e. The van der Waals surface area contributed by atoms with Gasteiger partial charge in [0.1, 0.15) is 5.82 Å². The van der Waals surface area contributed by atoms with Gasteiger partial charge in [0, 0.05) is 6.42 Å². The number of hydrogen-bond acceptors (Lipinski definition) is 3. The molecule has 1 aromatic heterocycles. The van der Waals surface area contributed by atoms with Crippen molar-refractivity contribution in [3.8, 4) is 0 Å². The van der Waals surface area contributed by atoms with E-state index < -0.39 is 0 Å². The van der Waals surface area contributed by atoms with Crippen molar-refractivity contribution in [1.29, 1.82) is 0 Å². The summed E-state index contributed by atoms with van der Waals surface area (Å²) in [4.78, 5) is 4.38. The molecule has 2 aromatic rings. The lowest BCUT2D eigenvalue weighted by molar-refractivity contribution is 0.786. The molecule has 0 aliphatic heterocycles. The normalized spacial score (nSPS) is 12.6. The highest BCUT2D eigenvalue weighted by Gasteiger charge is 2.13. The van der Waals surface area contributed by atoms with Crippen LogP contribution in [0.2, 0.25) is 0 Å². The summed E-state index contributed by atoms with van der Waals surface area (Å²) in [5, 5.41) is 7.07. The van der Waals surface area contributed by atoms with E-state index in [4.69, 9.17) is 5.73 Å². The molecule has 0 aliphatic carbocycles. The first-order valence-electron chi connectivity index (χ1n) is 5.53. The molecule has 4 nitrogen and oxygen atoms in total. The molecule has 1 aromatic carbocycles. The van der Waals surface area contributed by atoms with Crippen LogP contribution < -0.4 is 5.73 Å². The van der Waals surface area contributed by atoms with Gasteiger partial charge in [0.15, 0.2) is 5.82 Å². The maximum absolute atomic E-state index is 6.08. The lowest BCUT2D eigenvalue weighted by Gasteiger charge is -2.06. The first-order chi connectivity index (χ1) is 7.81. The minimum Gasteiger partial charge on any atom is -0.318 e. The van der Waals surface area contributed by atoms with Gasteiger partial charge in [-0.05, 0) is 12.0 Å². The molecule has 0 saturated carbocycles. The Labute approximate surface area is 94.9 Å². The Hall–Kier alpha value is -1.68. The highest BCUT2D eigenvalue weighted by Crippen LogP contribution is 2.15. The number of benzene rings is 1. The highest BCUT2D eigenvalue weighted by atomic mass is 15.2. The zero-order valence-electron chi connectivity index (χ0n) is 9.35. The van der Waals surface area contributed by atoms with Crippen LogP contribution in [0.1, 0.15) is 36.6 Å². The van der Waals surface area contributed by atoms with Crippen LogP contribution in [-0.2, 0) is 6.42 Å². The van der Waals surface area contributed by atoms with Gasteiger partial charge in [-0.1, -0.05) is 37.3 Å². The number of hydrogen-bond donors (Lipinski definition) is 2. The molecule has 0 amide bonds. The first-order valence-corrected chi connectivity index (χ1v) is 5.53. The van der Waals surface area contributed by atoms with Gasteiger partial charge >= 0.3 is 0 Å². The van der Waals surface area contributed by atoms with Gasteiger partial charge in [0.25, 0.3) is 0 Å². The van der Waals surface area contributed by atoms with Crippen LogP contribution in [0.3, 0.4) is 0 Å². The summed E-state index contributed by atoms with van der Waals surface area (Å²) >= 11 is 0. The third-order valence-corrected chi connectivity index (χ3v) is 2.47. The average Bonchev–Trinajstić information content (AvgIpc) is 2.78. The predicted octanol–water partition coefficient (Wildman–Crippen LogP) is 1.81. The molecule has 1 heterocycles. The summed E-state index contributed by atoms with van der Waals surface area (Å²) in [6.07, 6.45) is 1.96. The molecule has 2 rings (SSSR count). The number of aryl methyl sites for hydroxylation is 1. The number of nitrogens with zero attached hydrogens (tertiary/aromatic N) is 2. The second kappa shape index (κ2) is 4.90. The summed E-state index contributed by atoms with van der Waals surface area (Å²) in [6.45, 7) is 2.11. The van der Waals surface area contributed by atoms with Crippen LogP contribution in [0, 0.1) is 0 Å². The maximum atomic E-state index is 6.08. The SMILES string of the molecule is CCCc1nc([C@@H](N)c2ccccc2)n[nH]1. The van der Waals surface area contributed by atoms with Crippen molar-refractivity contribution in [1.82, 2.24) is 15.2 Å². The van der Waals surface area contributed by atoms with Crippen LogP contribution in [0.25, 0.3) is 0 Å². The molecular weight excluding hydrogens is 200 g/mol. The van der Waals surface area contributed by atoms with Crippen LogP contribution in [-0.4, -0.2) is 15.2 Å². The van der Waals surface area contributed by atoms with E-state index in [0.717, 1.165) is 24.2 Å². The van der Waals surface area contributed by atoms with Gasteiger partial charge in [-0.25, -0.2) is 4.98 Å². The minimum atomic E-state index is -0.247. The van der Waals surface area contributed by atoms with Crippen molar-refractivity contribution in [2.24, 2.45) is 5.73 Å². The predicted molar refractivity (Wildman–Crippen MR) is 62.9 cm³/mol. The van der Waals surface area contributed by atoms with E-state index in [2.05, 4.69) is 22.1 Å². The fourth-order valence-corrected chi connectivity index (χ4v) is 1.61. The Balaban J connectivity index is 2.17. The molecule has 0 radical (unpaired) electrons. The zero-order chi connectivity index (χ0) is 11.4. The number of H-pyrrole nitrogens is 1. The van der Waals surface area contributed by atoms with Crippen molar-refractivity contribution >= 4 is 0 Å². The van der Waals surface area contributed by atoms with Crippen molar-refractivity contribution in [3.05, 3.63) is 47.5 Å². The fraction of sp³-hybridized carbons (Fsp3) is 0.333. The van der Waals surface area contributed by atoms with Crippen LogP contribution in [0.4, 0.5) is 0 Å². The highest BCUT2D eigenvalue weighted by molar-refractivity contribution is 5.23. The zero-order valence-corrected chi connectivity index (χ0v) is 9.35. The van der Waals surface area contributed by atoms with Crippen LogP contribution in [0.15, 0.2) is 30.3 Å². The standard InChI is InChI=1S/C12H16N4/c1-2-6-10-14-12(16-15-10)11(13)9-7-4-3-5-8-9/h3-5,7-8,11H,2,6,13H2,1H3,(H,14,15,16)/t11-/m0/s1. The Bertz CT molecular complexity index is 435. The van der Waals surface area contributed by atoms with Crippen LogP contribution in [0.5, 0.6) is 0 Å². The molecule has 3 N–H and O–H groups in total. The average molecular weight is 216 g/mol. The largest absolute Gasteiger partial charge is 0.318 e. The van der Waals surface area contributed by atoms with Gasteiger partial charge < -0.3 is 5.73 Å². The Kier molecular flexibility index (Phi) is 3.31. The molecule has 0 spiro atoms. The van der Waals surface area contributed by atoms with Gasteiger partial charge in [0.05, 0.1) is 6.04 Å². The van der Waals surface area contributed by atoms with Gasteiger partial charge in [-0.15, -0.1) is 0 Å². The maximum Gasteiger partial charge on any atom is 0.171 e. The third kappa shape index (κ3) is 2.28. The van der Waals surface area contributed by atoms with Gasteiger partial charge in [-0.3, -0.25) is 5.10 Å². The summed E-state index contributed by atoms with van der Waals surface area (Å²) < 4.78 is 0. The summed E-state index contributed by atoms with van der Waals surface area (Å²) in [5.41, 5.74) is 7.11. The molecule has 0 unspecified atom stereocenters. The Morgan fingerprint density at radius 1 is 1.31 bits per heavy atom. The lowest BCUT2D eigenvalue weighted by atomic mass is 10.1. The number of rotatable bonds is 4. The van der Waals surface area contributed by atoms with E-state index >= 15 is 0 Å². The number of nitrogens with one attached hydrogen (secondary N) is 1. The molecule has 84 valence electrons. The van der Waals surface area contributed by atoms with Crippen LogP contribution >= 0.6 is 0 Å². The quantitative estimate of drug-likeness (QED) is 0.819. The molecule has 0 fully saturated rings. The number of nitrogens with two attached hydrogens (primary N) is 1. The van der Waals surface area contributed by atoms with Crippen molar-refractivity contribution in [2.45, 2.75) is 25.8 Å². The fourth-order valence-electron chi connectivity index (χ4n) is 1.61. The monoisotopic (exact) mass is 216 g/mol. The van der Waals surface area contributed by atoms with Gasteiger partial charge in [0.2, 0.25) is 0 Å².